The van der Waals surface area contributed by atoms with Crippen molar-refractivity contribution in [3.05, 3.63) is 23.3 Å². The van der Waals surface area contributed by atoms with E-state index in [0.717, 1.165) is 4.88 Å². The van der Waals surface area contributed by atoms with Crippen molar-refractivity contribution in [3.8, 4) is 10.8 Å². The molecule has 0 N–H and O–H groups in total. The maximum atomic E-state index is 11.1. The minimum absolute atomic E-state index is 0.163. The van der Waals surface area contributed by atoms with Crippen LogP contribution >= 0.6 is 23.1 Å². The highest BCUT2D eigenvalue weighted by molar-refractivity contribution is 7.99. The highest BCUT2D eigenvalue weighted by Crippen LogP contribution is 2.24. The summed E-state index contributed by atoms with van der Waals surface area (Å²) in [5, 5.41) is 6.05. The Bertz CT molecular complexity index is 525. The third-order valence-electron chi connectivity index (χ3n) is 2.38. The van der Waals surface area contributed by atoms with Crippen molar-refractivity contribution in [1.82, 2.24) is 10.1 Å². The number of hydrogen-bond donors (Lipinski definition) is 0. The van der Waals surface area contributed by atoms with Crippen molar-refractivity contribution in [3.63, 3.8) is 0 Å². The Morgan fingerprint density at radius 1 is 1.63 bits per heavy atom. The Balaban J connectivity index is 1.85. The Morgan fingerprint density at radius 2 is 2.47 bits per heavy atom. The largest absolute Gasteiger partial charge is 0.469 e. The highest BCUT2D eigenvalue weighted by atomic mass is 32.2. The summed E-state index contributed by atoms with van der Waals surface area (Å²) in [6.07, 6.45) is 0.386. The zero-order valence-electron chi connectivity index (χ0n) is 10.7. The van der Waals surface area contributed by atoms with Gasteiger partial charge in [-0.1, -0.05) is 18.1 Å². The molecule has 7 heteroatoms. The van der Waals surface area contributed by atoms with E-state index in [9.17, 15) is 4.79 Å². The van der Waals surface area contributed by atoms with E-state index in [1.54, 1.807) is 23.1 Å². The van der Waals surface area contributed by atoms with E-state index in [0.29, 0.717) is 23.9 Å². The topological polar surface area (TPSA) is 65.2 Å². The van der Waals surface area contributed by atoms with Crippen molar-refractivity contribution >= 4 is 29.1 Å². The fraction of sp³-hybridized carbons (Fsp3) is 0.417. The van der Waals surface area contributed by atoms with Gasteiger partial charge in [-0.3, -0.25) is 4.79 Å². The molecular weight excluding hydrogens is 284 g/mol. The molecule has 19 heavy (non-hydrogen) atoms. The van der Waals surface area contributed by atoms with E-state index in [1.807, 2.05) is 24.4 Å². The normalized spacial score (nSPS) is 12.3. The molecule has 0 amide bonds. The Hall–Kier alpha value is -1.34. The summed E-state index contributed by atoms with van der Waals surface area (Å²) in [6, 6.07) is 3.88. The Labute approximate surface area is 119 Å². The minimum atomic E-state index is -0.201. The fourth-order valence-electron chi connectivity index (χ4n) is 1.41. The number of aromatic nitrogens is 2. The zero-order valence-corrected chi connectivity index (χ0v) is 12.3. The number of carbonyl (C=O) groups excluding carboxylic acids is 1. The molecule has 0 saturated heterocycles. The number of thiophene rings is 1. The van der Waals surface area contributed by atoms with E-state index >= 15 is 0 Å². The maximum absolute atomic E-state index is 11.1. The molecule has 1 unspecified atom stereocenters. The second-order valence-corrected chi connectivity index (χ2v) is 6.27. The molecule has 0 aliphatic carbocycles. The molecule has 2 rings (SSSR count). The average Bonchev–Trinajstić information content (AvgIpc) is 3.06. The van der Waals surface area contributed by atoms with Crippen LogP contribution in [0.5, 0.6) is 0 Å². The molecule has 0 radical (unpaired) electrons. The summed E-state index contributed by atoms with van der Waals surface area (Å²) in [4.78, 5) is 16.4. The lowest BCUT2D eigenvalue weighted by atomic mass is 10.3. The summed E-state index contributed by atoms with van der Waals surface area (Å²) < 4.78 is 9.81. The Kier molecular flexibility index (Phi) is 4.98. The zero-order chi connectivity index (χ0) is 13.7. The number of rotatable bonds is 6. The van der Waals surface area contributed by atoms with Crippen molar-refractivity contribution in [2.45, 2.75) is 24.3 Å². The second kappa shape index (κ2) is 6.72. The summed E-state index contributed by atoms with van der Waals surface area (Å²) in [5.41, 5.74) is 0. The summed E-state index contributed by atoms with van der Waals surface area (Å²) >= 11 is 3.16. The molecule has 2 aromatic rings. The van der Waals surface area contributed by atoms with Crippen molar-refractivity contribution in [1.29, 1.82) is 0 Å². The van der Waals surface area contributed by atoms with Gasteiger partial charge in [0.05, 0.1) is 24.2 Å². The molecule has 2 heterocycles. The maximum Gasteiger partial charge on any atom is 0.306 e. The van der Waals surface area contributed by atoms with Crippen LogP contribution in [0.3, 0.4) is 0 Å². The first-order chi connectivity index (χ1) is 9.19. The lowest BCUT2D eigenvalue weighted by Gasteiger charge is -2.07. The number of nitrogens with zero attached hydrogens (tertiary/aromatic N) is 2. The van der Waals surface area contributed by atoms with Gasteiger partial charge in [-0.25, -0.2) is 0 Å². The summed E-state index contributed by atoms with van der Waals surface area (Å²) in [5.74, 6) is 1.61. The van der Waals surface area contributed by atoms with Crippen LogP contribution in [0.4, 0.5) is 0 Å². The first-order valence-corrected chi connectivity index (χ1v) is 7.66. The molecule has 0 aliphatic heterocycles. The quantitative estimate of drug-likeness (QED) is 0.764. The number of carbonyl (C=O) groups is 1. The predicted molar refractivity (Wildman–Crippen MR) is 75.0 cm³/mol. The van der Waals surface area contributed by atoms with Crippen molar-refractivity contribution in [2.24, 2.45) is 0 Å². The first kappa shape index (κ1) is 14.1. The molecule has 0 bridgehead atoms. The second-order valence-electron chi connectivity index (χ2n) is 3.89. The smallest absolute Gasteiger partial charge is 0.306 e. The van der Waals surface area contributed by atoms with Crippen LogP contribution in [0.2, 0.25) is 0 Å². The molecule has 0 fully saturated rings. The molecule has 0 saturated carbocycles. The standard InChI is InChI=1S/C12H14N2O3S2/c1-8(6-11(15)16-2)19-7-10-13-12(17-14-10)9-4-3-5-18-9/h3-5,8H,6-7H2,1-2H3. The molecule has 0 aromatic carbocycles. The predicted octanol–water partition coefficient (Wildman–Crippen LogP) is 2.98. The summed E-state index contributed by atoms with van der Waals surface area (Å²) in [7, 11) is 1.40. The monoisotopic (exact) mass is 298 g/mol. The van der Waals surface area contributed by atoms with E-state index in [2.05, 4.69) is 14.9 Å². The number of thioether (sulfide) groups is 1. The Morgan fingerprint density at radius 3 is 3.16 bits per heavy atom. The highest BCUT2D eigenvalue weighted by Gasteiger charge is 2.13. The van der Waals surface area contributed by atoms with Crippen LogP contribution < -0.4 is 0 Å². The molecule has 0 aliphatic rings. The van der Waals surface area contributed by atoms with Crippen LogP contribution in [-0.2, 0) is 15.3 Å². The van der Waals surface area contributed by atoms with Gasteiger partial charge in [0.15, 0.2) is 5.82 Å². The van der Waals surface area contributed by atoms with Gasteiger partial charge in [0, 0.05) is 5.25 Å². The first-order valence-electron chi connectivity index (χ1n) is 5.74. The SMILES string of the molecule is COC(=O)CC(C)SCc1noc(-c2cccs2)n1. The lowest BCUT2D eigenvalue weighted by molar-refractivity contribution is -0.140. The molecule has 1 atom stereocenters. The van der Waals surface area contributed by atoms with Gasteiger partial charge in [-0.15, -0.1) is 23.1 Å². The number of methoxy groups -OCH3 is 1. The van der Waals surface area contributed by atoms with Crippen LogP contribution in [0.1, 0.15) is 19.2 Å². The van der Waals surface area contributed by atoms with Crippen LogP contribution in [-0.4, -0.2) is 28.5 Å². The molecule has 102 valence electrons. The van der Waals surface area contributed by atoms with Gasteiger partial charge in [0.2, 0.25) is 0 Å². The van der Waals surface area contributed by atoms with Crippen molar-refractivity contribution in [2.75, 3.05) is 7.11 Å². The van der Waals surface area contributed by atoms with E-state index < -0.39 is 0 Å². The van der Waals surface area contributed by atoms with Gasteiger partial charge in [-0.2, -0.15) is 4.98 Å². The third kappa shape index (κ3) is 4.07. The van der Waals surface area contributed by atoms with Crippen molar-refractivity contribution < 1.29 is 14.1 Å². The van der Waals surface area contributed by atoms with Gasteiger partial charge < -0.3 is 9.26 Å². The van der Waals surface area contributed by atoms with Gasteiger partial charge in [0.25, 0.3) is 5.89 Å². The van der Waals surface area contributed by atoms with Gasteiger partial charge in [0.1, 0.15) is 0 Å². The van der Waals surface area contributed by atoms with Crippen LogP contribution in [0.15, 0.2) is 22.0 Å². The van der Waals surface area contributed by atoms with E-state index in [-0.39, 0.29) is 11.2 Å². The summed E-state index contributed by atoms with van der Waals surface area (Å²) in [6.45, 7) is 1.97. The van der Waals surface area contributed by atoms with E-state index in [1.165, 1.54) is 7.11 Å². The minimum Gasteiger partial charge on any atom is -0.469 e. The van der Waals surface area contributed by atoms with Crippen LogP contribution in [0.25, 0.3) is 10.8 Å². The number of esters is 1. The average molecular weight is 298 g/mol. The van der Waals surface area contributed by atoms with E-state index in [4.69, 9.17) is 4.52 Å². The lowest BCUT2D eigenvalue weighted by Crippen LogP contribution is -2.08. The molecule has 5 nitrogen and oxygen atoms in total. The van der Waals surface area contributed by atoms with Crippen LogP contribution in [0, 0.1) is 0 Å². The fourth-order valence-corrected chi connectivity index (χ4v) is 2.86. The molecular formula is C12H14N2O3S2. The number of hydrogen-bond acceptors (Lipinski definition) is 7. The molecule has 0 spiro atoms. The molecule has 2 aromatic heterocycles. The van der Waals surface area contributed by atoms with Gasteiger partial charge >= 0.3 is 5.97 Å². The third-order valence-corrected chi connectivity index (χ3v) is 4.40. The van der Waals surface area contributed by atoms with Gasteiger partial charge in [-0.05, 0) is 11.4 Å². The number of ether oxygens (including phenoxy) is 1.